The van der Waals surface area contributed by atoms with Gasteiger partial charge in [-0.25, -0.2) is 18.2 Å². The summed E-state index contributed by atoms with van der Waals surface area (Å²) in [6.07, 6.45) is -3.62. The van der Waals surface area contributed by atoms with Crippen LogP contribution in [0.4, 0.5) is 32.0 Å². The minimum Gasteiger partial charge on any atom is -0.483 e. The zero-order valence-corrected chi connectivity index (χ0v) is 18.5. The summed E-state index contributed by atoms with van der Waals surface area (Å²) >= 11 is 0. The number of rotatable bonds is 5. The van der Waals surface area contributed by atoms with Crippen LogP contribution in [0.25, 0.3) is 0 Å². The minimum absolute atomic E-state index is 0.0495. The van der Waals surface area contributed by atoms with Crippen LogP contribution in [0.1, 0.15) is 23.0 Å². The summed E-state index contributed by atoms with van der Waals surface area (Å²) in [5.74, 6) is -5.91. The minimum atomic E-state index is -4.54. The number of nitrogens with zero attached hydrogens (tertiary/aromatic N) is 2. The zero-order valence-electron chi connectivity index (χ0n) is 18.5. The number of amides is 1. The van der Waals surface area contributed by atoms with Gasteiger partial charge in [-0.15, -0.1) is 0 Å². The summed E-state index contributed by atoms with van der Waals surface area (Å²) in [5, 5.41) is 9.26. The molecular formula is C21H20F6N4O5. The van der Waals surface area contributed by atoms with Crippen LogP contribution < -0.4 is 15.8 Å². The van der Waals surface area contributed by atoms with Crippen molar-refractivity contribution < 1.29 is 50.5 Å². The number of ether oxygens (including phenoxy) is 2. The van der Waals surface area contributed by atoms with E-state index in [1.54, 1.807) is 0 Å². The van der Waals surface area contributed by atoms with Gasteiger partial charge in [0, 0.05) is 11.3 Å². The van der Waals surface area contributed by atoms with E-state index >= 15 is 0 Å². The highest BCUT2D eigenvalue weighted by Gasteiger charge is 2.54. The van der Waals surface area contributed by atoms with Crippen LogP contribution in [0.2, 0.25) is 0 Å². The van der Waals surface area contributed by atoms with Crippen LogP contribution in [-0.4, -0.2) is 60.2 Å². The van der Waals surface area contributed by atoms with E-state index in [0.29, 0.717) is 0 Å². The van der Waals surface area contributed by atoms with E-state index in [2.05, 4.69) is 20.0 Å². The van der Waals surface area contributed by atoms with Gasteiger partial charge in [0.15, 0.2) is 12.1 Å². The molecule has 1 aliphatic rings. The molecule has 1 unspecified atom stereocenters. The number of nitrogens with one attached hydrogen (secondary N) is 1. The normalized spacial score (nSPS) is 19.1. The first-order chi connectivity index (χ1) is 16.7. The standard InChI is InChI=1S/C20H18F6N4O3.CH2O2/c1-18(19(22,23)9-32-8-16(27)30-18)13-6-11(2-4-14(13)21)29-17(31)15-5-3-12(7-28-15)33-10-20(24,25)26;2-1-3/h2-7H,8-10H2,1H3,(H2,27,30)(H,29,31);1H,(H,2,3). The molecule has 196 valence electrons. The second-order valence-corrected chi connectivity index (χ2v) is 7.41. The molecule has 1 atom stereocenters. The van der Waals surface area contributed by atoms with Crippen LogP contribution in [-0.2, 0) is 15.1 Å². The molecule has 1 aliphatic heterocycles. The summed E-state index contributed by atoms with van der Waals surface area (Å²) in [5.41, 5.74) is 2.40. The number of pyridine rings is 1. The highest BCUT2D eigenvalue weighted by atomic mass is 19.4. The molecule has 0 radical (unpaired) electrons. The number of anilines is 1. The lowest BCUT2D eigenvalue weighted by Gasteiger charge is -2.33. The van der Waals surface area contributed by atoms with Crippen molar-refractivity contribution in [3.63, 3.8) is 0 Å². The van der Waals surface area contributed by atoms with Gasteiger partial charge in [-0.1, -0.05) is 0 Å². The molecule has 1 aromatic carbocycles. The molecule has 0 aliphatic carbocycles. The number of carbonyl (C=O) groups is 2. The molecule has 0 spiro atoms. The molecule has 36 heavy (non-hydrogen) atoms. The molecule has 2 heterocycles. The Bertz CT molecular complexity index is 1110. The number of alkyl halides is 5. The van der Waals surface area contributed by atoms with Gasteiger partial charge < -0.3 is 25.6 Å². The highest BCUT2D eigenvalue weighted by Crippen LogP contribution is 2.44. The van der Waals surface area contributed by atoms with Gasteiger partial charge in [0.25, 0.3) is 18.3 Å². The number of carboxylic acid groups (broad SMARTS) is 1. The Kier molecular flexibility index (Phi) is 8.85. The Hall–Kier alpha value is -3.88. The maximum atomic E-state index is 14.8. The third-order valence-corrected chi connectivity index (χ3v) is 4.73. The zero-order chi connectivity index (χ0) is 27.1. The fraction of sp³-hybridized carbons (Fsp3) is 0.333. The van der Waals surface area contributed by atoms with Gasteiger partial charge in [0.05, 0.1) is 6.20 Å². The average Bonchev–Trinajstić information content (AvgIpc) is 2.89. The summed E-state index contributed by atoms with van der Waals surface area (Å²) in [7, 11) is 0. The number of hydrogen-bond donors (Lipinski definition) is 3. The molecule has 0 saturated heterocycles. The van der Waals surface area contributed by atoms with Crippen molar-refractivity contribution in [3.8, 4) is 5.75 Å². The maximum Gasteiger partial charge on any atom is 0.422 e. The monoisotopic (exact) mass is 522 g/mol. The lowest BCUT2D eigenvalue weighted by atomic mass is 9.85. The van der Waals surface area contributed by atoms with E-state index in [-0.39, 0.29) is 36.0 Å². The fourth-order valence-corrected chi connectivity index (χ4v) is 3.02. The molecule has 4 N–H and O–H groups in total. The molecule has 2 aromatic rings. The van der Waals surface area contributed by atoms with Crippen molar-refractivity contribution in [2.75, 3.05) is 25.1 Å². The molecule has 3 rings (SSSR count). The molecule has 1 amide bonds. The Morgan fingerprint density at radius 1 is 1.31 bits per heavy atom. The Balaban J connectivity index is 0.00000145. The van der Waals surface area contributed by atoms with Crippen molar-refractivity contribution in [1.29, 1.82) is 0 Å². The number of aliphatic imine (C=N–C) groups is 1. The quantitative estimate of drug-likeness (QED) is 0.405. The van der Waals surface area contributed by atoms with Gasteiger partial charge in [-0.05, 0) is 37.3 Å². The molecule has 1 aromatic heterocycles. The van der Waals surface area contributed by atoms with Gasteiger partial charge in [-0.3, -0.25) is 14.6 Å². The van der Waals surface area contributed by atoms with E-state index in [0.717, 1.165) is 43.5 Å². The Morgan fingerprint density at radius 2 is 1.97 bits per heavy atom. The van der Waals surface area contributed by atoms with Crippen LogP contribution in [0.5, 0.6) is 5.75 Å². The number of hydrogen-bond acceptors (Lipinski definition) is 7. The second-order valence-electron chi connectivity index (χ2n) is 7.41. The lowest BCUT2D eigenvalue weighted by Crippen LogP contribution is -2.45. The first-order valence-corrected chi connectivity index (χ1v) is 9.87. The van der Waals surface area contributed by atoms with E-state index in [1.807, 2.05) is 0 Å². The summed E-state index contributed by atoms with van der Waals surface area (Å²) in [6.45, 7) is -2.17. The molecule has 0 bridgehead atoms. The number of nitrogens with two attached hydrogens (primary N) is 1. The fourth-order valence-electron chi connectivity index (χ4n) is 3.02. The predicted octanol–water partition coefficient (Wildman–Crippen LogP) is 3.35. The van der Waals surface area contributed by atoms with Crippen molar-refractivity contribution in [2.24, 2.45) is 10.7 Å². The number of aromatic nitrogens is 1. The molecule has 0 fully saturated rings. The number of halogens is 6. The van der Waals surface area contributed by atoms with Crippen LogP contribution >= 0.6 is 0 Å². The molecular weight excluding hydrogens is 502 g/mol. The van der Waals surface area contributed by atoms with Gasteiger partial charge >= 0.3 is 6.18 Å². The largest absolute Gasteiger partial charge is 0.483 e. The summed E-state index contributed by atoms with van der Waals surface area (Å²) in [6, 6.07) is 5.22. The van der Waals surface area contributed by atoms with Gasteiger partial charge in [0.1, 0.15) is 36.3 Å². The highest BCUT2D eigenvalue weighted by molar-refractivity contribution is 6.02. The Morgan fingerprint density at radius 3 is 2.56 bits per heavy atom. The summed E-state index contributed by atoms with van der Waals surface area (Å²) < 4.78 is 90.0. The predicted molar refractivity (Wildman–Crippen MR) is 114 cm³/mol. The lowest BCUT2D eigenvalue weighted by molar-refractivity contribution is -0.153. The van der Waals surface area contributed by atoms with E-state index in [4.69, 9.17) is 20.4 Å². The SMILES string of the molecule is CC1(c2cc(NC(=O)c3ccc(OCC(F)(F)F)cn3)ccc2F)N=C(N)COCC1(F)F.O=CO. The van der Waals surface area contributed by atoms with Gasteiger partial charge in [-0.2, -0.15) is 13.2 Å². The third kappa shape index (κ3) is 7.07. The molecule has 9 nitrogen and oxygen atoms in total. The summed E-state index contributed by atoms with van der Waals surface area (Å²) in [4.78, 5) is 28.3. The molecule has 0 saturated carbocycles. The Labute approximate surface area is 199 Å². The van der Waals surface area contributed by atoms with Crippen molar-refractivity contribution in [3.05, 3.63) is 53.6 Å². The number of carbonyl (C=O) groups excluding carboxylic acids is 1. The van der Waals surface area contributed by atoms with Crippen molar-refractivity contribution in [2.45, 2.75) is 24.6 Å². The maximum absolute atomic E-state index is 14.8. The second kappa shape index (κ2) is 11.2. The topological polar surface area (TPSA) is 136 Å². The van der Waals surface area contributed by atoms with E-state index in [1.165, 1.54) is 0 Å². The number of amidine groups is 1. The van der Waals surface area contributed by atoms with Crippen molar-refractivity contribution >= 4 is 23.9 Å². The van der Waals surface area contributed by atoms with Crippen LogP contribution in [0.15, 0.2) is 41.5 Å². The average molecular weight is 522 g/mol. The molecule has 15 heteroatoms. The number of benzene rings is 1. The first kappa shape index (κ1) is 28.4. The first-order valence-electron chi connectivity index (χ1n) is 9.87. The van der Waals surface area contributed by atoms with Crippen LogP contribution in [0.3, 0.4) is 0 Å². The third-order valence-electron chi connectivity index (χ3n) is 4.73. The smallest absolute Gasteiger partial charge is 0.422 e. The van der Waals surface area contributed by atoms with Crippen molar-refractivity contribution in [1.82, 2.24) is 4.98 Å². The van der Waals surface area contributed by atoms with Gasteiger partial charge in [0.2, 0.25) is 0 Å². The van der Waals surface area contributed by atoms with E-state index in [9.17, 15) is 31.1 Å². The van der Waals surface area contributed by atoms with Crippen LogP contribution in [0, 0.1) is 5.82 Å². The van der Waals surface area contributed by atoms with E-state index < -0.39 is 48.1 Å².